The summed E-state index contributed by atoms with van der Waals surface area (Å²) in [5.74, 6) is 0. The molecular weight excluding hydrogens is 214 g/mol. The second-order valence-electron chi connectivity index (χ2n) is 4.46. The van der Waals surface area contributed by atoms with Crippen molar-refractivity contribution in [3.8, 4) is 0 Å². The van der Waals surface area contributed by atoms with Crippen molar-refractivity contribution in [2.24, 2.45) is 0 Å². The first-order chi connectivity index (χ1) is 8.27. The molecule has 0 atom stereocenters. The molecule has 1 aromatic heterocycles. The molecule has 1 fully saturated rings. The van der Waals surface area contributed by atoms with E-state index in [2.05, 4.69) is 4.90 Å². The quantitative estimate of drug-likeness (QED) is 0.459. The summed E-state index contributed by atoms with van der Waals surface area (Å²) in [7, 11) is 0. The first-order valence-electron chi connectivity index (χ1n) is 5.93. The number of nitrogen functional groups attached to an aromatic ring is 1. The predicted octanol–water partition coefficient (Wildman–Crippen LogP) is 1.66. The molecule has 0 unspecified atom stereocenters. The molecule has 2 aromatic rings. The Morgan fingerprint density at radius 3 is 2.71 bits per heavy atom. The van der Waals surface area contributed by atoms with Crippen molar-refractivity contribution in [3.05, 3.63) is 35.7 Å². The molecule has 1 aliphatic rings. The van der Waals surface area contributed by atoms with Gasteiger partial charge >= 0.3 is 0 Å². The molecule has 4 nitrogen and oxygen atoms in total. The maximum Gasteiger partial charge on any atom is 0.249 e. The van der Waals surface area contributed by atoms with Crippen LogP contribution in [0.5, 0.6) is 0 Å². The average molecular weight is 229 g/mol. The van der Waals surface area contributed by atoms with Gasteiger partial charge in [0.25, 0.3) is 0 Å². The highest BCUT2D eigenvalue weighted by Crippen LogP contribution is 2.30. The Bertz CT molecular complexity index is 562. The summed E-state index contributed by atoms with van der Waals surface area (Å²) in [6, 6.07) is 7.48. The topological polar surface area (TPSA) is 56.2 Å². The molecule has 2 N–H and O–H groups in total. The summed E-state index contributed by atoms with van der Waals surface area (Å²) >= 11 is 0. The highest BCUT2D eigenvalue weighted by atomic mass is 16.5. The monoisotopic (exact) mass is 229 g/mol. The largest absolute Gasteiger partial charge is 0.618 e. The lowest BCUT2D eigenvalue weighted by atomic mass is 10.1. The van der Waals surface area contributed by atoms with Crippen molar-refractivity contribution in [1.29, 1.82) is 0 Å². The Hall–Kier alpha value is -1.97. The first-order valence-corrected chi connectivity index (χ1v) is 5.93. The first kappa shape index (κ1) is 10.2. The van der Waals surface area contributed by atoms with E-state index in [4.69, 9.17) is 5.73 Å². The summed E-state index contributed by atoms with van der Waals surface area (Å²) in [5.41, 5.74) is 8.27. The zero-order valence-electron chi connectivity index (χ0n) is 9.60. The minimum absolute atomic E-state index is 0.660. The number of benzene rings is 1. The third-order valence-corrected chi connectivity index (χ3v) is 3.38. The number of hydrogen-bond donors (Lipinski definition) is 1. The summed E-state index contributed by atoms with van der Waals surface area (Å²) in [5, 5.41) is 12.8. The molecule has 0 bridgehead atoms. The van der Waals surface area contributed by atoms with Gasteiger partial charge in [-0.3, -0.25) is 0 Å². The minimum atomic E-state index is 0.660. The van der Waals surface area contributed by atoms with E-state index < -0.39 is 0 Å². The standard InChI is InChI=1S/C13H15N3O/c14-11-5-6-12(15-7-1-2-8-15)13-10(11)4-3-9-16(13)17/h3-6,9H,1-2,7-8,14H2. The summed E-state index contributed by atoms with van der Waals surface area (Å²) in [4.78, 5) is 2.26. The molecule has 88 valence electrons. The molecule has 3 rings (SSSR count). The van der Waals surface area contributed by atoms with Gasteiger partial charge in [0.05, 0.1) is 5.39 Å². The third-order valence-electron chi connectivity index (χ3n) is 3.38. The third kappa shape index (κ3) is 1.56. The maximum absolute atomic E-state index is 11.9. The van der Waals surface area contributed by atoms with Gasteiger partial charge in [0, 0.05) is 24.8 Å². The van der Waals surface area contributed by atoms with E-state index in [0.717, 1.165) is 28.9 Å². The van der Waals surface area contributed by atoms with Crippen LogP contribution in [0.25, 0.3) is 10.9 Å². The second-order valence-corrected chi connectivity index (χ2v) is 4.46. The van der Waals surface area contributed by atoms with Crippen molar-refractivity contribution in [2.45, 2.75) is 12.8 Å². The van der Waals surface area contributed by atoms with Crippen LogP contribution in [0.1, 0.15) is 12.8 Å². The van der Waals surface area contributed by atoms with Crippen LogP contribution in [0.4, 0.5) is 11.4 Å². The number of anilines is 2. The van der Waals surface area contributed by atoms with E-state index in [0.29, 0.717) is 11.2 Å². The van der Waals surface area contributed by atoms with Gasteiger partial charge in [-0.2, -0.15) is 4.73 Å². The van der Waals surface area contributed by atoms with Gasteiger partial charge in [0.1, 0.15) is 5.69 Å². The number of pyridine rings is 1. The van der Waals surface area contributed by atoms with E-state index in [-0.39, 0.29) is 0 Å². The molecule has 1 aromatic carbocycles. The molecule has 0 radical (unpaired) electrons. The van der Waals surface area contributed by atoms with Crippen LogP contribution in [0.15, 0.2) is 30.5 Å². The van der Waals surface area contributed by atoms with Crippen molar-refractivity contribution in [3.63, 3.8) is 0 Å². The van der Waals surface area contributed by atoms with Gasteiger partial charge in [-0.25, -0.2) is 0 Å². The van der Waals surface area contributed by atoms with Gasteiger partial charge in [0.15, 0.2) is 6.20 Å². The molecular formula is C13H15N3O. The maximum atomic E-state index is 11.9. The predicted molar refractivity (Wildman–Crippen MR) is 68.8 cm³/mol. The van der Waals surface area contributed by atoms with Crippen molar-refractivity contribution < 1.29 is 4.73 Å². The summed E-state index contributed by atoms with van der Waals surface area (Å²) in [6.07, 6.45) is 3.91. The Kier molecular flexibility index (Phi) is 2.28. The van der Waals surface area contributed by atoms with Crippen LogP contribution >= 0.6 is 0 Å². The van der Waals surface area contributed by atoms with E-state index in [1.165, 1.54) is 19.0 Å². The molecule has 0 saturated carbocycles. The Balaban J connectivity index is 2.27. The van der Waals surface area contributed by atoms with Gasteiger partial charge in [-0.15, -0.1) is 0 Å². The van der Waals surface area contributed by atoms with Crippen molar-refractivity contribution in [2.75, 3.05) is 23.7 Å². The molecule has 0 aliphatic carbocycles. The fraction of sp³-hybridized carbons (Fsp3) is 0.308. The van der Waals surface area contributed by atoms with Crippen LogP contribution < -0.4 is 15.4 Å². The lowest BCUT2D eigenvalue weighted by Crippen LogP contribution is -2.29. The molecule has 4 heteroatoms. The zero-order valence-corrected chi connectivity index (χ0v) is 9.60. The van der Waals surface area contributed by atoms with Gasteiger partial charge < -0.3 is 15.8 Å². The second kappa shape index (κ2) is 3.80. The van der Waals surface area contributed by atoms with Crippen LogP contribution in [-0.2, 0) is 0 Å². The van der Waals surface area contributed by atoms with E-state index in [1.54, 1.807) is 6.07 Å². The van der Waals surface area contributed by atoms with Gasteiger partial charge in [-0.05, 0) is 31.0 Å². The lowest BCUT2D eigenvalue weighted by Gasteiger charge is -2.18. The normalized spacial score (nSPS) is 15.6. The van der Waals surface area contributed by atoms with E-state index in [1.807, 2.05) is 18.2 Å². The van der Waals surface area contributed by atoms with E-state index >= 15 is 0 Å². The number of nitrogens with zero attached hydrogens (tertiary/aromatic N) is 2. The van der Waals surface area contributed by atoms with Gasteiger partial charge in [-0.1, -0.05) is 0 Å². The van der Waals surface area contributed by atoms with E-state index in [9.17, 15) is 5.21 Å². The summed E-state index contributed by atoms with van der Waals surface area (Å²) in [6.45, 7) is 2.04. The fourth-order valence-corrected chi connectivity index (χ4v) is 2.52. The lowest BCUT2D eigenvalue weighted by molar-refractivity contribution is -0.576. The smallest absolute Gasteiger partial charge is 0.249 e. The van der Waals surface area contributed by atoms with Crippen LogP contribution in [0.2, 0.25) is 0 Å². The molecule has 2 heterocycles. The molecule has 1 saturated heterocycles. The van der Waals surface area contributed by atoms with Crippen LogP contribution in [0, 0.1) is 5.21 Å². The Labute approximate surface area is 99.8 Å². The van der Waals surface area contributed by atoms with Crippen LogP contribution in [0.3, 0.4) is 0 Å². The van der Waals surface area contributed by atoms with Crippen LogP contribution in [-0.4, -0.2) is 13.1 Å². The molecule has 0 spiro atoms. The fourth-order valence-electron chi connectivity index (χ4n) is 2.52. The molecule has 0 amide bonds. The Morgan fingerprint density at radius 1 is 1.18 bits per heavy atom. The highest BCUT2D eigenvalue weighted by molar-refractivity contribution is 5.96. The SMILES string of the molecule is Nc1ccc(N2CCCC2)c2c1ccc[n+]2[O-]. The molecule has 17 heavy (non-hydrogen) atoms. The number of fused-ring (bicyclic) bond motifs is 1. The molecule has 1 aliphatic heterocycles. The highest BCUT2D eigenvalue weighted by Gasteiger charge is 2.20. The van der Waals surface area contributed by atoms with Crippen molar-refractivity contribution >= 4 is 22.3 Å². The Morgan fingerprint density at radius 2 is 1.94 bits per heavy atom. The summed E-state index contributed by atoms with van der Waals surface area (Å²) < 4.78 is 0.916. The zero-order chi connectivity index (χ0) is 11.8. The van der Waals surface area contributed by atoms with Crippen molar-refractivity contribution in [1.82, 2.24) is 0 Å². The number of nitrogens with two attached hydrogens (primary N) is 1. The average Bonchev–Trinajstić information content (AvgIpc) is 2.84. The minimum Gasteiger partial charge on any atom is -0.618 e. The number of rotatable bonds is 1. The van der Waals surface area contributed by atoms with Gasteiger partial charge in [0.2, 0.25) is 5.52 Å². The number of aromatic nitrogens is 1. The number of hydrogen-bond acceptors (Lipinski definition) is 3.